The van der Waals surface area contributed by atoms with Gasteiger partial charge in [-0.2, -0.15) is 0 Å². The Bertz CT molecular complexity index is 611. The Kier molecular flexibility index (Phi) is 3.07. The van der Waals surface area contributed by atoms with Crippen LogP contribution in [0.25, 0.3) is 0 Å². The average Bonchev–Trinajstić information content (AvgIpc) is 2.82. The number of rotatable bonds is 2. The lowest BCUT2D eigenvalue weighted by atomic mass is 9.91. The van der Waals surface area contributed by atoms with E-state index in [0.29, 0.717) is 0 Å². The van der Waals surface area contributed by atoms with Gasteiger partial charge in [0.2, 0.25) is 0 Å². The van der Waals surface area contributed by atoms with Gasteiger partial charge in [-0.3, -0.25) is 4.98 Å². The Labute approximate surface area is 111 Å². The quantitative estimate of drug-likeness (QED) is 0.895. The highest BCUT2D eigenvalue weighted by Crippen LogP contribution is 2.41. The molecule has 3 rings (SSSR count). The van der Waals surface area contributed by atoms with Gasteiger partial charge in [-0.25, -0.2) is 4.39 Å². The zero-order valence-corrected chi connectivity index (χ0v) is 10.8. The summed E-state index contributed by atoms with van der Waals surface area (Å²) in [6.45, 7) is 1.83. The lowest BCUT2D eigenvalue weighted by Crippen LogP contribution is -2.11. The molecular formula is C16H16FNO. The summed E-state index contributed by atoms with van der Waals surface area (Å²) in [5, 5.41) is 10.6. The number of pyridine rings is 1. The van der Waals surface area contributed by atoms with Crippen molar-refractivity contribution in [3.8, 4) is 0 Å². The number of hydrogen-bond donors (Lipinski definition) is 1. The fraction of sp³-hybridized carbons (Fsp3) is 0.312. The fourth-order valence-electron chi connectivity index (χ4n) is 2.94. The maximum Gasteiger partial charge on any atom is 0.123 e. The van der Waals surface area contributed by atoms with Gasteiger partial charge in [0, 0.05) is 17.8 Å². The van der Waals surface area contributed by atoms with Crippen molar-refractivity contribution in [2.24, 2.45) is 0 Å². The molecule has 0 saturated carbocycles. The van der Waals surface area contributed by atoms with Crippen LogP contribution in [0.1, 0.15) is 40.8 Å². The van der Waals surface area contributed by atoms with E-state index in [4.69, 9.17) is 0 Å². The van der Waals surface area contributed by atoms with Crippen molar-refractivity contribution >= 4 is 0 Å². The Hall–Kier alpha value is -1.74. The molecule has 0 amide bonds. The Morgan fingerprint density at radius 2 is 2.21 bits per heavy atom. The lowest BCUT2D eigenvalue weighted by molar-refractivity contribution is 0.142. The van der Waals surface area contributed by atoms with Crippen molar-refractivity contribution in [1.82, 2.24) is 4.98 Å². The van der Waals surface area contributed by atoms with Gasteiger partial charge in [0.25, 0.3) is 0 Å². The van der Waals surface area contributed by atoms with E-state index in [1.54, 1.807) is 12.3 Å². The normalized spacial score (nSPS) is 19.2. The van der Waals surface area contributed by atoms with Crippen molar-refractivity contribution in [2.75, 3.05) is 0 Å². The fourth-order valence-corrected chi connectivity index (χ4v) is 2.94. The second-order valence-corrected chi connectivity index (χ2v) is 5.14. The molecule has 0 aliphatic heterocycles. The molecule has 1 aliphatic rings. The van der Waals surface area contributed by atoms with Crippen LogP contribution in [0.5, 0.6) is 0 Å². The van der Waals surface area contributed by atoms with Gasteiger partial charge < -0.3 is 5.11 Å². The number of halogens is 1. The maximum atomic E-state index is 13.1. The van der Waals surface area contributed by atoms with Crippen LogP contribution >= 0.6 is 0 Å². The first kappa shape index (κ1) is 12.3. The minimum Gasteiger partial charge on any atom is -0.388 e. The standard InChI is InChI=1S/C16H16FNO/c1-10-9-12(17)5-7-13(10)16(19)14-6-4-11-3-2-8-18-15(11)14/h2-3,5,7-9,14,16,19H,4,6H2,1H3. The number of aliphatic hydroxyl groups is 1. The second-order valence-electron chi connectivity index (χ2n) is 5.14. The smallest absolute Gasteiger partial charge is 0.123 e. The zero-order chi connectivity index (χ0) is 13.4. The van der Waals surface area contributed by atoms with E-state index in [-0.39, 0.29) is 11.7 Å². The summed E-state index contributed by atoms with van der Waals surface area (Å²) in [5.74, 6) is -0.251. The topological polar surface area (TPSA) is 33.1 Å². The van der Waals surface area contributed by atoms with Gasteiger partial charge in [0.15, 0.2) is 0 Å². The first-order chi connectivity index (χ1) is 9.16. The molecule has 98 valence electrons. The van der Waals surface area contributed by atoms with Crippen molar-refractivity contribution in [3.05, 3.63) is 64.7 Å². The third kappa shape index (κ3) is 2.15. The van der Waals surface area contributed by atoms with E-state index in [1.807, 2.05) is 13.0 Å². The predicted molar refractivity (Wildman–Crippen MR) is 71.4 cm³/mol. The van der Waals surface area contributed by atoms with Crippen LogP contribution < -0.4 is 0 Å². The summed E-state index contributed by atoms with van der Waals surface area (Å²) in [7, 11) is 0. The minimum atomic E-state index is -0.614. The summed E-state index contributed by atoms with van der Waals surface area (Å²) in [6.07, 6.45) is 2.99. The van der Waals surface area contributed by atoms with E-state index < -0.39 is 6.10 Å². The minimum absolute atomic E-state index is 0.0142. The second kappa shape index (κ2) is 4.74. The first-order valence-corrected chi connectivity index (χ1v) is 6.54. The molecule has 2 atom stereocenters. The highest BCUT2D eigenvalue weighted by molar-refractivity contribution is 5.35. The molecule has 1 aliphatic carbocycles. The highest BCUT2D eigenvalue weighted by atomic mass is 19.1. The van der Waals surface area contributed by atoms with E-state index in [2.05, 4.69) is 11.1 Å². The third-order valence-electron chi connectivity index (χ3n) is 3.93. The molecule has 19 heavy (non-hydrogen) atoms. The summed E-state index contributed by atoms with van der Waals surface area (Å²) in [4.78, 5) is 4.40. The van der Waals surface area contributed by atoms with Gasteiger partial charge in [-0.15, -0.1) is 0 Å². The van der Waals surface area contributed by atoms with Gasteiger partial charge in [0.1, 0.15) is 5.82 Å². The number of benzene rings is 1. The number of nitrogens with zero attached hydrogens (tertiary/aromatic N) is 1. The summed E-state index contributed by atoms with van der Waals surface area (Å²) >= 11 is 0. The molecule has 0 spiro atoms. The summed E-state index contributed by atoms with van der Waals surface area (Å²) < 4.78 is 13.1. The molecule has 0 saturated heterocycles. The van der Waals surface area contributed by atoms with Crippen LogP contribution in [-0.4, -0.2) is 10.1 Å². The SMILES string of the molecule is Cc1cc(F)ccc1C(O)C1CCc2cccnc21. The molecule has 1 aromatic heterocycles. The monoisotopic (exact) mass is 257 g/mol. The van der Waals surface area contributed by atoms with Crippen LogP contribution in [0.15, 0.2) is 36.5 Å². The zero-order valence-electron chi connectivity index (χ0n) is 10.8. The van der Waals surface area contributed by atoms with Gasteiger partial charge >= 0.3 is 0 Å². The molecule has 0 radical (unpaired) electrons. The molecule has 2 aromatic rings. The number of fused-ring (bicyclic) bond motifs is 1. The molecule has 1 heterocycles. The maximum absolute atomic E-state index is 13.1. The lowest BCUT2D eigenvalue weighted by Gasteiger charge is -2.20. The van der Waals surface area contributed by atoms with E-state index in [1.165, 1.54) is 17.7 Å². The number of aliphatic hydroxyl groups excluding tert-OH is 1. The van der Waals surface area contributed by atoms with Crippen LogP contribution in [0.4, 0.5) is 4.39 Å². The number of aryl methyl sites for hydroxylation is 2. The van der Waals surface area contributed by atoms with E-state index in [9.17, 15) is 9.50 Å². The van der Waals surface area contributed by atoms with Crippen molar-refractivity contribution < 1.29 is 9.50 Å². The van der Waals surface area contributed by atoms with Crippen LogP contribution in [-0.2, 0) is 6.42 Å². The highest BCUT2D eigenvalue weighted by Gasteiger charge is 2.31. The van der Waals surface area contributed by atoms with E-state index >= 15 is 0 Å². The van der Waals surface area contributed by atoms with Crippen LogP contribution in [0.2, 0.25) is 0 Å². The van der Waals surface area contributed by atoms with Gasteiger partial charge in [0.05, 0.1) is 6.10 Å². The van der Waals surface area contributed by atoms with E-state index in [0.717, 1.165) is 29.7 Å². The first-order valence-electron chi connectivity index (χ1n) is 6.54. The summed E-state index contributed by atoms with van der Waals surface area (Å²) in [6, 6.07) is 8.53. The molecule has 2 unspecified atom stereocenters. The predicted octanol–water partition coefficient (Wildman–Crippen LogP) is 3.29. The Morgan fingerprint density at radius 1 is 1.37 bits per heavy atom. The van der Waals surface area contributed by atoms with Gasteiger partial charge in [-0.1, -0.05) is 12.1 Å². The van der Waals surface area contributed by atoms with Crippen LogP contribution in [0.3, 0.4) is 0 Å². The van der Waals surface area contributed by atoms with Crippen molar-refractivity contribution in [1.29, 1.82) is 0 Å². The average molecular weight is 257 g/mol. The number of hydrogen-bond acceptors (Lipinski definition) is 2. The molecule has 2 nitrogen and oxygen atoms in total. The van der Waals surface area contributed by atoms with Crippen molar-refractivity contribution in [2.45, 2.75) is 31.8 Å². The number of aromatic nitrogens is 1. The van der Waals surface area contributed by atoms with Gasteiger partial charge in [-0.05, 0) is 54.7 Å². The Morgan fingerprint density at radius 3 is 3.00 bits per heavy atom. The molecular weight excluding hydrogens is 241 g/mol. The Balaban J connectivity index is 1.95. The summed E-state index contributed by atoms with van der Waals surface area (Å²) in [5.41, 5.74) is 3.78. The molecule has 0 bridgehead atoms. The van der Waals surface area contributed by atoms with Crippen LogP contribution in [0, 0.1) is 12.7 Å². The third-order valence-corrected chi connectivity index (χ3v) is 3.93. The molecule has 3 heteroatoms. The molecule has 1 aromatic carbocycles. The largest absolute Gasteiger partial charge is 0.388 e. The molecule has 1 N–H and O–H groups in total. The molecule has 0 fully saturated rings. The van der Waals surface area contributed by atoms with Crippen molar-refractivity contribution in [3.63, 3.8) is 0 Å².